The zero-order chi connectivity index (χ0) is 38.2. The number of hydrogen-bond donors (Lipinski definition) is 4. The van der Waals surface area contributed by atoms with Gasteiger partial charge in [-0.3, -0.25) is 14.4 Å². The minimum absolute atomic E-state index is 0.0225. The van der Waals surface area contributed by atoms with Gasteiger partial charge in [-0.1, -0.05) is 78.9 Å². The Balaban J connectivity index is 1.04. The summed E-state index contributed by atoms with van der Waals surface area (Å²) in [5.41, 5.74) is 6.24. The molecule has 11 nitrogen and oxygen atoms in total. The average molecular weight is 747 g/mol. The third-order valence-corrected chi connectivity index (χ3v) is 11.1. The number of unbranched alkanes of at least 4 members (excludes halogenated alkanes) is 1. The monoisotopic (exact) mass is 746 g/mol. The molecule has 2 amide bonds. The number of benzene rings is 4. The van der Waals surface area contributed by atoms with Crippen LogP contribution in [0.15, 0.2) is 103 Å². The summed E-state index contributed by atoms with van der Waals surface area (Å²) in [7, 11) is 0. The highest BCUT2D eigenvalue weighted by Crippen LogP contribution is 2.41. The molecule has 4 aromatic rings. The van der Waals surface area contributed by atoms with Crippen molar-refractivity contribution in [1.82, 2.24) is 15.5 Å². The zero-order valence-electron chi connectivity index (χ0n) is 31.1. The maximum Gasteiger partial charge on any atom is 0.303 e. The van der Waals surface area contributed by atoms with E-state index in [0.717, 1.165) is 65.0 Å². The summed E-state index contributed by atoms with van der Waals surface area (Å²) < 4.78 is 13.5. The zero-order valence-corrected chi connectivity index (χ0v) is 31.1. The number of piperidine rings is 1. The van der Waals surface area contributed by atoms with E-state index in [1.54, 1.807) is 0 Å². The number of carboxylic acid groups (broad SMARTS) is 1. The molecule has 288 valence electrons. The number of para-hydroxylation sites is 1. The van der Waals surface area contributed by atoms with Gasteiger partial charge in [-0.2, -0.15) is 0 Å². The van der Waals surface area contributed by atoms with Crippen LogP contribution in [0.2, 0.25) is 0 Å². The molecule has 4 aromatic carbocycles. The van der Waals surface area contributed by atoms with E-state index in [4.69, 9.17) is 14.6 Å². The number of carbonyl (C=O) groups excluding carboxylic acids is 2. The van der Waals surface area contributed by atoms with Crippen LogP contribution in [-0.4, -0.2) is 70.8 Å². The Morgan fingerprint density at radius 3 is 2.29 bits per heavy atom. The Kier molecular flexibility index (Phi) is 12.2. The van der Waals surface area contributed by atoms with Crippen molar-refractivity contribution in [3.63, 3.8) is 0 Å². The van der Waals surface area contributed by atoms with Gasteiger partial charge in [0.15, 0.2) is 6.29 Å². The standard InChI is InChI=1S/C44H50N4O7/c49-29-31-16-18-33(19-17-31)39-26-38(28-47-22-20-44(21-23-47)43(53)46-30-48(44)37-12-2-1-3-13-37)54-42(55-39)36-11-7-10-35(25-36)34-9-6-8-32(24-34)27-45-40(50)14-4-5-15-41(51)52/h1-3,6-13,16-19,24-25,38-39,42,49H,4-5,14-15,20-23,26-30H2,(H,45,50)(H,46,53)(H,51,52)/t38-,39+,42+/m0/s1. The van der Waals surface area contributed by atoms with Crippen LogP contribution in [0.1, 0.15) is 79.6 Å². The lowest BCUT2D eigenvalue weighted by Crippen LogP contribution is -2.57. The van der Waals surface area contributed by atoms with Gasteiger partial charge in [0.25, 0.3) is 0 Å². The first-order valence-electron chi connectivity index (χ1n) is 19.3. The van der Waals surface area contributed by atoms with Gasteiger partial charge in [-0.25, -0.2) is 0 Å². The predicted molar refractivity (Wildman–Crippen MR) is 209 cm³/mol. The number of carboxylic acids is 1. The van der Waals surface area contributed by atoms with Crippen molar-refractivity contribution in [1.29, 1.82) is 0 Å². The molecule has 11 heteroatoms. The normalized spacial score (nSPS) is 21.0. The summed E-state index contributed by atoms with van der Waals surface area (Å²) in [6, 6.07) is 34.3. The first-order valence-corrected chi connectivity index (χ1v) is 19.3. The van der Waals surface area contributed by atoms with Gasteiger partial charge in [0.1, 0.15) is 5.54 Å². The second-order valence-electron chi connectivity index (χ2n) is 14.8. The molecule has 3 fully saturated rings. The molecule has 0 aromatic heterocycles. The Bertz CT molecular complexity index is 1930. The number of nitrogens with zero attached hydrogens (tertiary/aromatic N) is 2. The van der Waals surface area contributed by atoms with E-state index >= 15 is 0 Å². The number of rotatable bonds is 14. The molecular weight excluding hydrogens is 697 g/mol. The number of aliphatic carboxylic acids is 1. The Morgan fingerprint density at radius 1 is 0.818 bits per heavy atom. The molecular formula is C44H50N4O7. The topological polar surface area (TPSA) is 141 Å². The third-order valence-electron chi connectivity index (χ3n) is 11.1. The van der Waals surface area contributed by atoms with Gasteiger partial charge in [-0.05, 0) is 77.8 Å². The molecule has 0 bridgehead atoms. The molecule has 0 saturated carbocycles. The van der Waals surface area contributed by atoms with Crippen molar-refractivity contribution in [3.05, 3.63) is 125 Å². The number of carbonyl (C=O) groups is 3. The summed E-state index contributed by atoms with van der Waals surface area (Å²) in [6.45, 7) is 3.13. The number of anilines is 1. The smallest absolute Gasteiger partial charge is 0.303 e. The highest BCUT2D eigenvalue weighted by Gasteiger charge is 2.50. The molecule has 7 rings (SSSR count). The van der Waals surface area contributed by atoms with E-state index in [0.29, 0.717) is 45.4 Å². The van der Waals surface area contributed by atoms with E-state index < -0.39 is 17.8 Å². The van der Waals surface area contributed by atoms with Crippen molar-refractivity contribution in [2.45, 2.75) is 82.1 Å². The summed E-state index contributed by atoms with van der Waals surface area (Å²) >= 11 is 0. The van der Waals surface area contributed by atoms with Crippen LogP contribution in [0, 0.1) is 0 Å². The number of amides is 2. The van der Waals surface area contributed by atoms with E-state index in [1.807, 2.05) is 72.8 Å². The van der Waals surface area contributed by atoms with Crippen molar-refractivity contribution >= 4 is 23.5 Å². The van der Waals surface area contributed by atoms with E-state index in [9.17, 15) is 19.5 Å². The second kappa shape index (κ2) is 17.6. The predicted octanol–water partition coefficient (Wildman–Crippen LogP) is 6.08. The molecule has 3 saturated heterocycles. The molecule has 0 aliphatic carbocycles. The molecule has 0 unspecified atom stereocenters. The van der Waals surface area contributed by atoms with Crippen LogP contribution < -0.4 is 15.5 Å². The lowest BCUT2D eigenvalue weighted by atomic mass is 9.85. The highest BCUT2D eigenvalue weighted by molar-refractivity contribution is 5.93. The summed E-state index contributed by atoms with van der Waals surface area (Å²) in [4.78, 5) is 41.0. The minimum atomic E-state index is -0.848. The number of likely N-dealkylation sites (tertiary alicyclic amines) is 1. The summed E-state index contributed by atoms with van der Waals surface area (Å²) in [5.74, 6) is -0.842. The van der Waals surface area contributed by atoms with Crippen LogP contribution in [0.3, 0.4) is 0 Å². The molecule has 4 N–H and O–H groups in total. The fraction of sp³-hybridized carbons (Fsp3) is 0.386. The van der Waals surface area contributed by atoms with Gasteiger partial charge < -0.3 is 40.1 Å². The van der Waals surface area contributed by atoms with E-state index in [1.165, 1.54) is 0 Å². The minimum Gasteiger partial charge on any atom is -0.481 e. The molecule has 3 atom stereocenters. The van der Waals surface area contributed by atoms with Crippen LogP contribution in [0.4, 0.5) is 5.69 Å². The van der Waals surface area contributed by atoms with Gasteiger partial charge in [0, 0.05) is 56.7 Å². The highest BCUT2D eigenvalue weighted by atomic mass is 16.7. The first-order chi connectivity index (χ1) is 26.8. The van der Waals surface area contributed by atoms with Gasteiger partial charge in [0.05, 0.1) is 25.5 Å². The number of aliphatic hydroxyl groups is 1. The molecule has 3 aliphatic rings. The average Bonchev–Trinajstić information content (AvgIpc) is 3.54. The van der Waals surface area contributed by atoms with Gasteiger partial charge in [0.2, 0.25) is 11.8 Å². The SMILES string of the molecule is O=C(O)CCCCC(=O)NCc1cccc(-c2cccc([C@@H]3O[C@H](CN4CCC5(CC4)C(=O)NCN5c4ccccc4)C[C@H](c4ccc(CO)cc4)O3)c2)c1. The summed E-state index contributed by atoms with van der Waals surface area (Å²) in [6.07, 6.45) is 2.54. The van der Waals surface area contributed by atoms with Crippen LogP contribution in [-0.2, 0) is 37.0 Å². The largest absolute Gasteiger partial charge is 0.481 e. The van der Waals surface area contributed by atoms with E-state index in [-0.39, 0.29) is 37.0 Å². The van der Waals surface area contributed by atoms with Gasteiger partial charge >= 0.3 is 5.97 Å². The second-order valence-corrected chi connectivity index (χ2v) is 14.8. The third kappa shape index (κ3) is 9.25. The van der Waals surface area contributed by atoms with E-state index in [2.05, 4.69) is 50.8 Å². The number of nitrogens with one attached hydrogen (secondary N) is 2. The number of ether oxygens (including phenoxy) is 2. The van der Waals surface area contributed by atoms with Crippen LogP contribution in [0.25, 0.3) is 11.1 Å². The summed E-state index contributed by atoms with van der Waals surface area (Å²) in [5, 5.41) is 24.5. The quantitative estimate of drug-likeness (QED) is 0.113. The first kappa shape index (κ1) is 38.2. The number of aliphatic hydroxyl groups excluding tert-OH is 1. The van der Waals surface area contributed by atoms with Crippen molar-refractivity contribution in [2.75, 3.05) is 31.2 Å². The van der Waals surface area contributed by atoms with Crippen LogP contribution >= 0.6 is 0 Å². The van der Waals surface area contributed by atoms with Crippen molar-refractivity contribution in [2.24, 2.45) is 0 Å². The number of hydrogen-bond acceptors (Lipinski definition) is 8. The molecule has 1 spiro atoms. The Hall–Kier alpha value is -5.07. The van der Waals surface area contributed by atoms with Crippen molar-refractivity contribution in [3.8, 4) is 11.1 Å². The molecule has 3 aliphatic heterocycles. The molecule has 0 radical (unpaired) electrons. The Labute approximate surface area is 322 Å². The fourth-order valence-corrected chi connectivity index (χ4v) is 8.04. The Morgan fingerprint density at radius 2 is 1.55 bits per heavy atom. The van der Waals surface area contributed by atoms with Crippen LogP contribution in [0.5, 0.6) is 0 Å². The van der Waals surface area contributed by atoms with Gasteiger partial charge in [-0.15, -0.1) is 0 Å². The lowest BCUT2D eigenvalue weighted by molar-refractivity contribution is -0.253. The lowest BCUT2D eigenvalue weighted by Gasteiger charge is -2.45. The maximum absolute atomic E-state index is 13.3. The maximum atomic E-state index is 13.3. The molecule has 55 heavy (non-hydrogen) atoms. The molecule has 3 heterocycles. The fourth-order valence-electron chi connectivity index (χ4n) is 8.04. The van der Waals surface area contributed by atoms with Crippen molar-refractivity contribution < 1.29 is 34.1 Å².